The molecule has 0 saturated carbocycles. The van der Waals surface area contributed by atoms with Crippen LogP contribution in [0, 0.1) is 5.92 Å². The standard InChI is InChI=1S/C17H25NO2/c1-13(2)16-6-3-14(4-7-16)11-18-10-9-15(12-18)5-8-17(19)20/h3-4,6-7,13,15H,5,8-12H2,1-2H3,(H,19,20). The molecule has 0 aromatic heterocycles. The first-order valence-corrected chi connectivity index (χ1v) is 7.57. The Kier molecular flexibility index (Phi) is 5.18. The second kappa shape index (κ2) is 6.89. The number of benzene rings is 1. The average Bonchev–Trinajstić information content (AvgIpc) is 2.84. The molecule has 1 N–H and O–H groups in total. The zero-order chi connectivity index (χ0) is 14.5. The Morgan fingerprint density at radius 2 is 2.05 bits per heavy atom. The van der Waals surface area contributed by atoms with E-state index in [1.54, 1.807) is 0 Å². The lowest BCUT2D eigenvalue weighted by Gasteiger charge is -2.16. The van der Waals surface area contributed by atoms with Crippen molar-refractivity contribution in [2.45, 2.75) is 45.6 Å². The monoisotopic (exact) mass is 275 g/mol. The summed E-state index contributed by atoms with van der Waals surface area (Å²) in [5, 5.41) is 8.73. The molecule has 1 atom stereocenters. The maximum atomic E-state index is 10.6. The fourth-order valence-corrected chi connectivity index (χ4v) is 2.89. The summed E-state index contributed by atoms with van der Waals surface area (Å²) < 4.78 is 0. The van der Waals surface area contributed by atoms with Crippen LogP contribution in [-0.4, -0.2) is 29.1 Å². The molecular weight excluding hydrogens is 250 g/mol. The molecule has 0 spiro atoms. The van der Waals surface area contributed by atoms with Crippen molar-refractivity contribution in [3.05, 3.63) is 35.4 Å². The van der Waals surface area contributed by atoms with Crippen LogP contribution in [0.25, 0.3) is 0 Å². The minimum absolute atomic E-state index is 0.307. The number of carboxylic acids is 1. The molecule has 110 valence electrons. The Balaban J connectivity index is 1.81. The molecule has 1 unspecified atom stereocenters. The quantitative estimate of drug-likeness (QED) is 0.864. The Hall–Kier alpha value is -1.35. The van der Waals surface area contributed by atoms with Crippen molar-refractivity contribution < 1.29 is 9.90 Å². The summed E-state index contributed by atoms with van der Waals surface area (Å²) in [6.45, 7) is 7.54. The molecule has 1 aromatic rings. The Morgan fingerprint density at radius 3 is 2.65 bits per heavy atom. The van der Waals surface area contributed by atoms with E-state index in [1.165, 1.54) is 11.1 Å². The SMILES string of the molecule is CC(C)c1ccc(CN2CCC(CCC(=O)O)C2)cc1. The van der Waals surface area contributed by atoms with Crippen LogP contribution in [0.2, 0.25) is 0 Å². The lowest BCUT2D eigenvalue weighted by molar-refractivity contribution is -0.137. The molecule has 0 aliphatic carbocycles. The van der Waals surface area contributed by atoms with E-state index < -0.39 is 5.97 Å². The Labute approximate surface area is 121 Å². The predicted molar refractivity (Wildman–Crippen MR) is 80.8 cm³/mol. The summed E-state index contributed by atoms with van der Waals surface area (Å²) in [4.78, 5) is 13.0. The molecule has 20 heavy (non-hydrogen) atoms. The number of nitrogens with zero attached hydrogens (tertiary/aromatic N) is 1. The molecule has 1 aliphatic heterocycles. The van der Waals surface area contributed by atoms with Crippen molar-refractivity contribution in [2.24, 2.45) is 5.92 Å². The van der Waals surface area contributed by atoms with Crippen LogP contribution in [0.4, 0.5) is 0 Å². The number of likely N-dealkylation sites (tertiary alicyclic amines) is 1. The van der Waals surface area contributed by atoms with Crippen LogP contribution < -0.4 is 0 Å². The Bertz CT molecular complexity index is 439. The molecule has 3 heteroatoms. The molecule has 0 bridgehead atoms. The van der Waals surface area contributed by atoms with Gasteiger partial charge in [0.1, 0.15) is 0 Å². The molecule has 1 saturated heterocycles. The molecule has 1 aliphatic rings. The summed E-state index contributed by atoms with van der Waals surface area (Å²) in [5.74, 6) is 0.463. The van der Waals surface area contributed by atoms with Crippen LogP contribution in [0.1, 0.15) is 50.2 Å². The zero-order valence-corrected chi connectivity index (χ0v) is 12.5. The maximum absolute atomic E-state index is 10.6. The molecule has 1 aromatic carbocycles. The third-order valence-corrected chi connectivity index (χ3v) is 4.19. The first-order chi connectivity index (χ1) is 9.54. The second-order valence-electron chi connectivity index (χ2n) is 6.22. The summed E-state index contributed by atoms with van der Waals surface area (Å²) >= 11 is 0. The highest BCUT2D eigenvalue weighted by atomic mass is 16.4. The predicted octanol–water partition coefficient (Wildman–Crippen LogP) is 3.50. The van der Waals surface area contributed by atoms with E-state index in [0.717, 1.165) is 32.5 Å². The highest BCUT2D eigenvalue weighted by Crippen LogP contribution is 2.23. The third kappa shape index (κ3) is 4.34. The second-order valence-corrected chi connectivity index (χ2v) is 6.22. The first-order valence-electron chi connectivity index (χ1n) is 7.57. The van der Waals surface area contributed by atoms with Crippen molar-refractivity contribution in [1.29, 1.82) is 0 Å². The molecule has 0 amide bonds. The minimum Gasteiger partial charge on any atom is -0.481 e. The highest BCUT2D eigenvalue weighted by Gasteiger charge is 2.22. The number of aliphatic carboxylic acids is 1. The zero-order valence-electron chi connectivity index (χ0n) is 12.5. The van der Waals surface area contributed by atoms with Crippen LogP contribution in [0.5, 0.6) is 0 Å². The van der Waals surface area contributed by atoms with Gasteiger partial charge in [0.15, 0.2) is 0 Å². The van der Waals surface area contributed by atoms with E-state index in [2.05, 4.69) is 43.0 Å². The van der Waals surface area contributed by atoms with E-state index in [0.29, 0.717) is 18.3 Å². The number of hydrogen-bond acceptors (Lipinski definition) is 2. The molecule has 2 rings (SSSR count). The molecule has 1 fully saturated rings. The lowest BCUT2D eigenvalue weighted by atomic mass is 10.0. The van der Waals surface area contributed by atoms with Gasteiger partial charge in [0.25, 0.3) is 0 Å². The number of carboxylic acid groups (broad SMARTS) is 1. The van der Waals surface area contributed by atoms with E-state index >= 15 is 0 Å². The van der Waals surface area contributed by atoms with Gasteiger partial charge in [0, 0.05) is 19.5 Å². The summed E-state index contributed by atoms with van der Waals surface area (Å²) in [5.41, 5.74) is 2.74. The van der Waals surface area contributed by atoms with Crippen LogP contribution in [0.15, 0.2) is 24.3 Å². The van der Waals surface area contributed by atoms with Gasteiger partial charge < -0.3 is 5.11 Å². The Morgan fingerprint density at radius 1 is 1.35 bits per heavy atom. The maximum Gasteiger partial charge on any atom is 0.303 e. The van der Waals surface area contributed by atoms with Gasteiger partial charge in [-0.2, -0.15) is 0 Å². The fraction of sp³-hybridized carbons (Fsp3) is 0.588. The van der Waals surface area contributed by atoms with E-state index in [9.17, 15) is 4.79 Å². The van der Waals surface area contributed by atoms with Crippen LogP contribution in [-0.2, 0) is 11.3 Å². The van der Waals surface area contributed by atoms with Crippen molar-refractivity contribution >= 4 is 5.97 Å². The highest BCUT2D eigenvalue weighted by molar-refractivity contribution is 5.66. The fourth-order valence-electron chi connectivity index (χ4n) is 2.89. The smallest absolute Gasteiger partial charge is 0.303 e. The van der Waals surface area contributed by atoms with Gasteiger partial charge in [-0.1, -0.05) is 38.1 Å². The van der Waals surface area contributed by atoms with Crippen molar-refractivity contribution in [2.75, 3.05) is 13.1 Å². The van der Waals surface area contributed by atoms with Gasteiger partial charge in [-0.3, -0.25) is 9.69 Å². The van der Waals surface area contributed by atoms with Gasteiger partial charge in [0.05, 0.1) is 0 Å². The summed E-state index contributed by atoms with van der Waals surface area (Å²) in [6, 6.07) is 8.88. The van der Waals surface area contributed by atoms with E-state index in [1.807, 2.05) is 0 Å². The van der Waals surface area contributed by atoms with Crippen molar-refractivity contribution in [3.63, 3.8) is 0 Å². The lowest BCUT2D eigenvalue weighted by Crippen LogP contribution is -2.20. The largest absolute Gasteiger partial charge is 0.481 e. The number of hydrogen-bond donors (Lipinski definition) is 1. The van der Waals surface area contributed by atoms with Gasteiger partial charge >= 0.3 is 5.97 Å². The van der Waals surface area contributed by atoms with Crippen molar-refractivity contribution in [1.82, 2.24) is 4.90 Å². The molecule has 1 heterocycles. The molecular formula is C17H25NO2. The van der Waals surface area contributed by atoms with E-state index in [-0.39, 0.29) is 0 Å². The number of carbonyl (C=O) groups is 1. The topological polar surface area (TPSA) is 40.5 Å². The van der Waals surface area contributed by atoms with Gasteiger partial charge in [0.2, 0.25) is 0 Å². The van der Waals surface area contributed by atoms with E-state index in [4.69, 9.17) is 5.11 Å². The van der Waals surface area contributed by atoms with Gasteiger partial charge in [-0.25, -0.2) is 0 Å². The molecule has 0 radical (unpaired) electrons. The average molecular weight is 275 g/mol. The van der Waals surface area contributed by atoms with Crippen molar-refractivity contribution in [3.8, 4) is 0 Å². The summed E-state index contributed by atoms with van der Waals surface area (Å²) in [6.07, 6.45) is 2.26. The normalized spacial score (nSPS) is 19.6. The first kappa shape index (κ1) is 15.0. The van der Waals surface area contributed by atoms with Gasteiger partial charge in [-0.15, -0.1) is 0 Å². The number of rotatable bonds is 6. The third-order valence-electron chi connectivity index (χ3n) is 4.19. The van der Waals surface area contributed by atoms with Gasteiger partial charge in [-0.05, 0) is 42.3 Å². The summed E-state index contributed by atoms with van der Waals surface area (Å²) in [7, 11) is 0. The molecule has 3 nitrogen and oxygen atoms in total. The van der Waals surface area contributed by atoms with Crippen LogP contribution in [0.3, 0.4) is 0 Å². The minimum atomic E-state index is -0.673. The van der Waals surface area contributed by atoms with Crippen LogP contribution >= 0.6 is 0 Å².